The minimum absolute atomic E-state index is 0.000521. The summed E-state index contributed by atoms with van der Waals surface area (Å²) in [4.78, 5) is 36.5. The SMILES string of the molecule is CC1=C(C(=O)OCc2ccc([N+](=O)[O-])cc2)N2C(=O)C(C)[C@@H]2S1. The Kier molecular flexibility index (Phi) is 3.85. The molecular weight excluding hydrogens is 320 g/mol. The number of carbonyl (C=O) groups excluding carboxylic acids is 2. The first kappa shape index (κ1) is 15.5. The lowest BCUT2D eigenvalue weighted by Crippen LogP contribution is -2.56. The molecule has 120 valence electrons. The molecule has 1 fully saturated rings. The number of allylic oxidation sites excluding steroid dienone is 1. The van der Waals surface area contributed by atoms with E-state index in [4.69, 9.17) is 4.74 Å². The molecule has 0 aliphatic carbocycles. The fraction of sp³-hybridized carbons (Fsp3) is 0.333. The number of fused-ring (bicyclic) bond motifs is 1. The van der Waals surface area contributed by atoms with Gasteiger partial charge in [0.25, 0.3) is 5.69 Å². The Morgan fingerprint density at radius 3 is 2.65 bits per heavy atom. The number of nitrogens with zero attached hydrogens (tertiary/aromatic N) is 2. The number of non-ortho nitro benzene ring substituents is 1. The number of hydrogen-bond donors (Lipinski definition) is 0. The summed E-state index contributed by atoms with van der Waals surface area (Å²) in [5, 5.41) is 10.6. The van der Waals surface area contributed by atoms with E-state index in [-0.39, 0.29) is 29.5 Å². The van der Waals surface area contributed by atoms with Crippen LogP contribution in [0.15, 0.2) is 34.9 Å². The molecule has 2 heterocycles. The summed E-state index contributed by atoms with van der Waals surface area (Å²) in [6.07, 6.45) is 0. The van der Waals surface area contributed by atoms with E-state index in [1.165, 1.54) is 40.9 Å². The Morgan fingerprint density at radius 1 is 1.39 bits per heavy atom. The second-order valence-electron chi connectivity index (χ2n) is 5.41. The molecule has 0 bridgehead atoms. The number of esters is 1. The second-order valence-corrected chi connectivity index (χ2v) is 6.74. The number of thioether (sulfide) groups is 1. The first-order valence-corrected chi connectivity index (χ1v) is 7.89. The number of nitro benzene ring substituents is 1. The molecule has 23 heavy (non-hydrogen) atoms. The van der Waals surface area contributed by atoms with E-state index in [9.17, 15) is 19.7 Å². The molecule has 1 unspecified atom stereocenters. The van der Waals surface area contributed by atoms with Crippen LogP contribution in [0.4, 0.5) is 5.69 Å². The van der Waals surface area contributed by atoms with Crippen molar-refractivity contribution in [1.82, 2.24) is 4.90 Å². The van der Waals surface area contributed by atoms with Crippen molar-refractivity contribution in [3.05, 3.63) is 50.5 Å². The number of hydrogen-bond acceptors (Lipinski definition) is 6. The van der Waals surface area contributed by atoms with Crippen LogP contribution in [-0.2, 0) is 20.9 Å². The number of carbonyl (C=O) groups is 2. The average molecular weight is 334 g/mol. The smallest absolute Gasteiger partial charge is 0.356 e. The van der Waals surface area contributed by atoms with Crippen molar-refractivity contribution in [3.8, 4) is 0 Å². The molecule has 0 saturated carbocycles. The van der Waals surface area contributed by atoms with Crippen molar-refractivity contribution in [2.24, 2.45) is 5.92 Å². The summed E-state index contributed by atoms with van der Waals surface area (Å²) >= 11 is 1.50. The van der Waals surface area contributed by atoms with Crippen LogP contribution in [0.25, 0.3) is 0 Å². The number of β-lactam (4-membered cyclic amide) rings is 1. The summed E-state index contributed by atoms with van der Waals surface area (Å²) < 4.78 is 5.25. The normalized spacial score (nSPS) is 22.7. The molecule has 3 rings (SSSR count). The van der Waals surface area contributed by atoms with Crippen molar-refractivity contribution in [2.45, 2.75) is 25.8 Å². The van der Waals surface area contributed by atoms with Crippen LogP contribution in [-0.4, -0.2) is 27.1 Å². The van der Waals surface area contributed by atoms with Gasteiger partial charge < -0.3 is 4.74 Å². The van der Waals surface area contributed by atoms with Crippen LogP contribution < -0.4 is 0 Å². The summed E-state index contributed by atoms with van der Waals surface area (Å²) in [6, 6.07) is 5.79. The van der Waals surface area contributed by atoms with Gasteiger partial charge in [-0.25, -0.2) is 4.79 Å². The maximum atomic E-state index is 12.3. The molecule has 0 spiro atoms. The molecule has 1 aromatic rings. The van der Waals surface area contributed by atoms with E-state index >= 15 is 0 Å². The topological polar surface area (TPSA) is 89.8 Å². The molecule has 0 aromatic heterocycles. The van der Waals surface area contributed by atoms with Gasteiger partial charge in [0, 0.05) is 17.0 Å². The summed E-state index contributed by atoms with van der Waals surface area (Å²) in [5.41, 5.74) is 0.937. The van der Waals surface area contributed by atoms with E-state index in [2.05, 4.69) is 0 Å². The van der Waals surface area contributed by atoms with Crippen molar-refractivity contribution < 1.29 is 19.2 Å². The molecule has 1 aromatic carbocycles. The third-order valence-electron chi connectivity index (χ3n) is 3.89. The van der Waals surface area contributed by atoms with E-state index in [1.54, 1.807) is 6.92 Å². The second kappa shape index (κ2) is 5.69. The standard InChI is InChI=1S/C15H14N2O5S/c1-8-13(18)16-12(9(2)23-14(8)16)15(19)22-7-10-3-5-11(6-4-10)17(20)21/h3-6,8,14H,7H2,1-2H3/t8?,14-/m0/s1. The number of nitro groups is 1. The lowest BCUT2D eigenvalue weighted by atomic mass is 10.00. The molecule has 2 atom stereocenters. The van der Waals surface area contributed by atoms with Gasteiger partial charge >= 0.3 is 5.97 Å². The largest absolute Gasteiger partial charge is 0.456 e. The monoisotopic (exact) mass is 334 g/mol. The highest BCUT2D eigenvalue weighted by Crippen LogP contribution is 2.48. The Morgan fingerprint density at radius 2 is 2.04 bits per heavy atom. The van der Waals surface area contributed by atoms with Crippen LogP contribution in [0.3, 0.4) is 0 Å². The first-order chi connectivity index (χ1) is 10.9. The molecule has 2 aliphatic rings. The minimum atomic E-state index is -0.545. The Balaban J connectivity index is 1.65. The fourth-order valence-corrected chi connectivity index (χ4v) is 3.87. The quantitative estimate of drug-likeness (QED) is 0.363. The van der Waals surface area contributed by atoms with Crippen LogP contribution in [0, 0.1) is 16.0 Å². The van der Waals surface area contributed by atoms with E-state index in [0.29, 0.717) is 11.3 Å². The Hall–Kier alpha value is -2.35. The number of benzene rings is 1. The predicted molar refractivity (Wildman–Crippen MR) is 83.0 cm³/mol. The number of amides is 1. The zero-order valence-electron chi connectivity index (χ0n) is 12.5. The van der Waals surface area contributed by atoms with Gasteiger partial charge in [-0.05, 0) is 24.6 Å². The van der Waals surface area contributed by atoms with Gasteiger partial charge in [0.15, 0.2) is 0 Å². The highest BCUT2D eigenvalue weighted by Gasteiger charge is 2.53. The predicted octanol–water partition coefficient (Wildman–Crippen LogP) is 2.42. The van der Waals surface area contributed by atoms with Crippen LogP contribution in [0.2, 0.25) is 0 Å². The van der Waals surface area contributed by atoms with E-state index < -0.39 is 10.9 Å². The molecule has 1 amide bonds. The Bertz CT molecular complexity index is 728. The number of rotatable bonds is 4. The van der Waals surface area contributed by atoms with Crippen molar-refractivity contribution in [3.63, 3.8) is 0 Å². The molecule has 2 aliphatic heterocycles. The van der Waals surface area contributed by atoms with Crippen molar-refractivity contribution in [2.75, 3.05) is 0 Å². The van der Waals surface area contributed by atoms with Gasteiger partial charge in [-0.2, -0.15) is 0 Å². The van der Waals surface area contributed by atoms with Gasteiger partial charge in [0.05, 0.1) is 16.2 Å². The highest BCUT2D eigenvalue weighted by molar-refractivity contribution is 8.04. The molecule has 7 nitrogen and oxygen atoms in total. The maximum absolute atomic E-state index is 12.3. The van der Waals surface area contributed by atoms with Crippen molar-refractivity contribution >= 4 is 29.3 Å². The maximum Gasteiger partial charge on any atom is 0.356 e. The van der Waals surface area contributed by atoms with Gasteiger partial charge in [0.2, 0.25) is 5.91 Å². The zero-order chi connectivity index (χ0) is 16.7. The molecule has 0 N–H and O–H groups in total. The van der Waals surface area contributed by atoms with Crippen LogP contribution in [0.1, 0.15) is 19.4 Å². The van der Waals surface area contributed by atoms with Crippen LogP contribution >= 0.6 is 11.8 Å². The molecule has 0 radical (unpaired) electrons. The van der Waals surface area contributed by atoms with Crippen molar-refractivity contribution in [1.29, 1.82) is 0 Å². The lowest BCUT2D eigenvalue weighted by molar-refractivity contribution is -0.384. The molecule has 1 saturated heterocycles. The van der Waals surface area contributed by atoms with Gasteiger partial charge in [0.1, 0.15) is 12.3 Å². The first-order valence-electron chi connectivity index (χ1n) is 7.01. The van der Waals surface area contributed by atoms with E-state index in [1.807, 2.05) is 6.92 Å². The highest BCUT2D eigenvalue weighted by atomic mass is 32.2. The van der Waals surface area contributed by atoms with Gasteiger partial charge in [-0.1, -0.05) is 6.92 Å². The molecule has 8 heteroatoms. The third kappa shape index (κ3) is 2.59. The number of ether oxygens (including phenoxy) is 1. The third-order valence-corrected chi connectivity index (χ3v) is 5.30. The van der Waals surface area contributed by atoms with Gasteiger partial charge in [-0.3, -0.25) is 19.8 Å². The van der Waals surface area contributed by atoms with E-state index in [0.717, 1.165) is 4.91 Å². The van der Waals surface area contributed by atoms with Crippen LogP contribution in [0.5, 0.6) is 0 Å². The lowest BCUT2D eigenvalue weighted by Gasteiger charge is -2.40. The Labute approximate surface area is 136 Å². The molecular formula is C15H14N2O5S. The minimum Gasteiger partial charge on any atom is -0.456 e. The van der Waals surface area contributed by atoms with Gasteiger partial charge in [-0.15, -0.1) is 11.8 Å². The average Bonchev–Trinajstić information content (AvgIpc) is 2.86. The summed E-state index contributed by atoms with van der Waals surface area (Å²) in [7, 11) is 0. The summed E-state index contributed by atoms with van der Waals surface area (Å²) in [5.74, 6) is -0.701. The summed E-state index contributed by atoms with van der Waals surface area (Å²) in [6.45, 7) is 3.64. The fourth-order valence-electron chi connectivity index (χ4n) is 2.58. The zero-order valence-corrected chi connectivity index (χ0v) is 13.3.